The molecule has 4 rings (SSSR count). The summed E-state index contributed by atoms with van der Waals surface area (Å²) in [6, 6.07) is 8.27. The molecule has 2 aromatic heterocycles. The first-order valence-electron chi connectivity index (χ1n) is 8.66. The summed E-state index contributed by atoms with van der Waals surface area (Å²) in [6.45, 7) is 2.63. The lowest BCUT2D eigenvalue weighted by Crippen LogP contribution is -2.33. The van der Waals surface area contributed by atoms with E-state index in [9.17, 15) is 13.5 Å². The summed E-state index contributed by atoms with van der Waals surface area (Å²) >= 11 is 6.12. The summed E-state index contributed by atoms with van der Waals surface area (Å²) < 4.78 is 27.3. The van der Waals surface area contributed by atoms with E-state index < -0.39 is 10.0 Å². The SMILES string of the molecule is Cc1ccc(S(=O)(=O)n2ccc3c(N4CCCC4CO)nc(Cl)nc32)cc1. The van der Waals surface area contributed by atoms with Crippen molar-refractivity contribution in [3.63, 3.8) is 0 Å². The predicted octanol–water partition coefficient (Wildman–Crippen LogP) is 2.59. The lowest BCUT2D eigenvalue weighted by Gasteiger charge is -2.24. The third kappa shape index (κ3) is 3.07. The molecule has 7 nitrogen and oxygen atoms in total. The fourth-order valence-corrected chi connectivity index (χ4v) is 4.95. The number of benzene rings is 1. The maximum absolute atomic E-state index is 13.1. The van der Waals surface area contributed by atoms with E-state index in [4.69, 9.17) is 11.6 Å². The van der Waals surface area contributed by atoms with Crippen molar-refractivity contribution in [2.75, 3.05) is 18.1 Å². The Kier molecular flexibility index (Phi) is 4.57. The zero-order valence-corrected chi connectivity index (χ0v) is 16.3. The van der Waals surface area contributed by atoms with Crippen LogP contribution in [-0.4, -0.2) is 46.7 Å². The average Bonchev–Trinajstić information content (AvgIpc) is 3.28. The van der Waals surface area contributed by atoms with Crippen LogP contribution in [0.3, 0.4) is 0 Å². The zero-order valence-electron chi connectivity index (χ0n) is 14.7. The zero-order chi connectivity index (χ0) is 19.2. The molecule has 1 aromatic carbocycles. The van der Waals surface area contributed by atoms with Crippen molar-refractivity contribution in [1.29, 1.82) is 0 Å². The molecule has 1 atom stereocenters. The quantitative estimate of drug-likeness (QED) is 0.670. The molecule has 9 heteroatoms. The van der Waals surface area contributed by atoms with Crippen molar-refractivity contribution in [2.45, 2.75) is 30.7 Å². The van der Waals surface area contributed by atoms with Gasteiger partial charge in [0.2, 0.25) is 5.28 Å². The number of hydrogen-bond acceptors (Lipinski definition) is 6. The van der Waals surface area contributed by atoms with Gasteiger partial charge in [0.1, 0.15) is 5.82 Å². The summed E-state index contributed by atoms with van der Waals surface area (Å²) in [5.74, 6) is 0.555. The molecule has 1 unspecified atom stereocenters. The molecule has 3 heterocycles. The van der Waals surface area contributed by atoms with Gasteiger partial charge in [-0.1, -0.05) is 17.7 Å². The highest BCUT2D eigenvalue weighted by Crippen LogP contribution is 2.32. The van der Waals surface area contributed by atoms with Crippen LogP contribution in [0.1, 0.15) is 18.4 Å². The Morgan fingerprint density at radius 2 is 1.96 bits per heavy atom. The van der Waals surface area contributed by atoms with Gasteiger partial charge in [0.05, 0.1) is 22.9 Å². The molecule has 142 valence electrons. The van der Waals surface area contributed by atoms with Gasteiger partial charge >= 0.3 is 0 Å². The molecule has 1 aliphatic heterocycles. The van der Waals surface area contributed by atoms with E-state index in [0.29, 0.717) is 11.2 Å². The van der Waals surface area contributed by atoms with Gasteiger partial charge in [-0.3, -0.25) is 0 Å². The molecule has 3 aromatic rings. The van der Waals surface area contributed by atoms with Crippen molar-refractivity contribution in [3.05, 3.63) is 47.4 Å². The number of anilines is 1. The minimum Gasteiger partial charge on any atom is -0.394 e. The van der Waals surface area contributed by atoms with Crippen molar-refractivity contribution >= 4 is 38.5 Å². The number of halogens is 1. The highest BCUT2D eigenvalue weighted by Gasteiger charge is 2.29. The van der Waals surface area contributed by atoms with Gasteiger partial charge in [0.15, 0.2) is 5.65 Å². The van der Waals surface area contributed by atoms with Crippen LogP contribution in [0.15, 0.2) is 41.4 Å². The summed E-state index contributed by atoms with van der Waals surface area (Å²) in [7, 11) is -3.82. The first-order valence-corrected chi connectivity index (χ1v) is 10.5. The fourth-order valence-electron chi connectivity index (χ4n) is 3.49. The number of hydrogen-bond donors (Lipinski definition) is 1. The fraction of sp³-hybridized carbons (Fsp3) is 0.333. The third-order valence-corrected chi connectivity index (χ3v) is 6.75. The minimum absolute atomic E-state index is 0.00545. The van der Waals surface area contributed by atoms with Crippen LogP contribution in [0.2, 0.25) is 5.28 Å². The molecule has 0 saturated carbocycles. The Labute approximate surface area is 162 Å². The number of aliphatic hydroxyl groups is 1. The van der Waals surface area contributed by atoms with E-state index in [1.807, 2.05) is 11.8 Å². The molecular formula is C18H19ClN4O3S. The van der Waals surface area contributed by atoms with Gasteiger partial charge in [0, 0.05) is 12.7 Å². The third-order valence-electron chi connectivity index (χ3n) is 4.90. The smallest absolute Gasteiger partial charge is 0.269 e. The molecule has 1 saturated heterocycles. The highest BCUT2D eigenvalue weighted by atomic mass is 35.5. The Bertz CT molecular complexity index is 1100. The molecule has 0 bridgehead atoms. The molecule has 27 heavy (non-hydrogen) atoms. The second-order valence-corrected chi connectivity index (χ2v) is 8.81. The summed E-state index contributed by atoms with van der Waals surface area (Å²) in [4.78, 5) is 10.6. The molecule has 0 spiro atoms. The van der Waals surface area contributed by atoms with E-state index in [1.165, 1.54) is 6.20 Å². The number of aromatic nitrogens is 3. The van der Waals surface area contributed by atoms with E-state index in [1.54, 1.807) is 30.3 Å². The summed E-state index contributed by atoms with van der Waals surface area (Å²) in [5, 5.41) is 10.2. The van der Waals surface area contributed by atoms with Crippen LogP contribution < -0.4 is 4.90 Å². The standard InChI is InChI=1S/C18H19ClN4O3S/c1-12-4-6-14(7-5-12)27(25,26)23-10-8-15-16(20-18(19)21-17(15)23)22-9-2-3-13(22)11-24/h4-8,10,13,24H,2-3,9,11H2,1H3. The van der Waals surface area contributed by atoms with Gasteiger partial charge in [-0.25, -0.2) is 12.4 Å². The molecule has 1 aliphatic rings. The van der Waals surface area contributed by atoms with Gasteiger partial charge in [-0.05, 0) is 49.6 Å². The van der Waals surface area contributed by atoms with E-state index in [0.717, 1.165) is 28.9 Å². The van der Waals surface area contributed by atoms with Crippen LogP contribution in [0.4, 0.5) is 5.82 Å². The Morgan fingerprint density at radius 3 is 2.67 bits per heavy atom. The normalized spacial score (nSPS) is 17.7. The van der Waals surface area contributed by atoms with Gasteiger partial charge in [0.25, 0.3) is 10.0 Å². The summed E-state index contributed by atoms with van der Waals surface area (Å²) in [5.41, 5.74) is 1.21. The topological polar surface area (TPSA) is 88.3 Å². The second-order valence-electron chi connectivity index (χ2n) is 6.66. The van der Waals surface area contributed by atoms with Gasteiger partial charge in [-0.15, -0.1) is 0 Å². The van der Waals surface area contributed by atoms with Crippen LogP contribution in [0, 0.1) is 6.92 Å². The molecule has 0 aliphatic carbocycles. The predicted molar refractivity (Wildman–Crippen MR) is 104 cm³/mol. The molecule has 0 radical (unpaired) electrons. The summed E-state index contributed by atoms with van der Waals surface area (Å²) in [6.07, 6.45) is 3.25. The number of nitrogens with zero attached hydrogens (tertiary/aromatic N) is 4. The van der Waals surface area contributed by atoms with Crippen LogP contribution in [0.25, 0.3) is 11.0 Å². The second kappa shape index (κ2) is 6.78. The number of aryl methyl sites for hydroxylation is 1. The number of rotatable bonds is 4. The Hall–Kier alpha value is -2.16. The van der Waals surface area contributed by atoms with E-state index >= 15 is 0 Å². The lowest BCUT2D eigenvalue weighted by molar-refractivity contribution is 0.266. The van der Waals surface area contributed by atoms with Crippen molar-refractivity contribution in [2.24, 2.45) is 0 Å². The maximum atomic E-state index is 13.1. The number of aliphatic hydroxyl groups excluding tert-OH is 1. The van der Waals surface area contributed by atoms with Crippen LogP contribution >= 0.6 is 11.6 Å². The highest BCUT2D eigenvalue weighted by molar-refractivity contribution is 7.90. The average molecular weight is 407 g/mol. The van der Waals surface area contributed by atoms with Crippen molar-refractivity contribution in [1.82, 2.24) is 13.9 Å². The Morgan fingerprint density at radius 1 is 1.22 bits per heavy atom. The van der Waals surface area contributed by atoms with Crippen molar-refractivity contribution in [3.8, 4) is 0 Å². The van der Waals surface area contributed by atoms with E-state index in [-0.39, 0.29) is 28.5 Å². The maximum Gasteiger partial charge on any atom is 0.269 e. The lowest BCUT2D eigenvalue weighted by atomic mass is 10.2. The number of fused-ring (bicyclic) bond motifs is 1. The molecule has 1 N–H and O–H groups in total. The van der Waals surface area contributed by atoms with E-state index in [2.05, 4.69) is 9.97 Å². The monoisotopic (exact) mass is 406 g/mol. The van der Waals surface area contributed by atoms with Gasteiger partial charge < -0.3 is 10.0 Å². The molecule has 1 fully saturated rings. The molecular weight excluding hydrogens is 388 g/mol. The first-order chi connectivity index (χ1) is 12.9. The molecule has 0 amide bonds. The largest absolute Gasteiger partial charge is 0.394 e. The van der Waals surface area contributed by atoms with Crippen LogP contribution in [0.5, 0.6) is 0 Å². The minimum atomic E-state index is -3.82. The first kappa shape index (κ1) is 18.2. The van der Waals surface area contributed by atoms with Crippen molar-refractivity contribution < 1.29 is 13.5 Å². The Balaban J connectivity index is 1.88. The van der Waals surface area contributed by atoms with Crippen LogP contribution in [-0.2, 0) is 10.0 Å². The van der Waals surface area contributed by atoms with Gasteiger partial charge in [-0.2, -0.15) is 9.97 Å².